The van der Waals surface area contributed by atoms with Crippen molar-refractivity contribution in [1.82, 2.24) is 10.2 Å². The van der Waals surface area contributed by atoms with Gasteiger partial charge >= 0.3 is 0 Å². The zero-order valence-electron chi connectivity index (χ0n) is 13.7. The Bertz CT molecular complexity index is 439. The summed E-state index contributed by atoms with van der Waals surface area (Å²) in [4.78, 5) is 2.67. The van der Waals surface area contributed by atoms with Crippen LogP contribution >= 0.6 is 0 Å². The van der Waals surface area contributed by atoms with E-state index >= 15 is 0 Å². The molecule has 0 amide bonds. The largest absolute Gasteiger partial charge is 0.311 e. The first-order chi connectivity index (χ1) is 9.45. The summed E-state index contributed by atoms with van der Waals surface area (Å²) in [6.45, 7) is 14.7. The molecule has 1 aliphatic heterocycles. The molecule has 0 aliphatic carbocycles. The minimum atomic E-state index is 0.602. The van der Waals surface area contributed by atoms with Crippen molar-refractivity contribution in [2.24, 2.45) is 5.92 Å². The summed E-state index contributed by atoms with van der Waals surface area (Å²) >= 11 is 0. The van der Waals surface area contributed by atoms with E-state index in [0.29, 0.717) is 12.1 Å². The van der Waals surface area contributed by atoms with Gasteiger partial charge in [0.05, 0.1) is 0 Å². The molecule has 2 nitrogen and oxygen atoms in total. The smallest absolute Gasteiger partial charge is 0.0237 e. The monoisotopic (exact) mass is 274 g/mol. The molecule has 2 heteroatoms. The Morgan fingerprint density at radius 3 is 2.65 bits per heavy atom. The number of nitrogens with zero attached hydrogens (tertiary/aromatic N) is 1. The van der Waals surface area contributed by atoms with Crippen LogP contribution in [0.3, 0.4) is 0 Å². The van der Waals surface area contributed by atoms with Crippen molar-refractivity contribution in [3.63, 3.8) is 0 Å². The molecule has 0 spiro atoms. The molecule has 2 unspecified atom stereocenters. The van der Waals surface area contributed by atoms with Gasteiger partial charge in [-0.2, -0.15) is 0 Å². The molecule has 2 rings (SSSR count). The van der Waals surface area contributed by atoms with Crippen molar-refractivity contribution in [3.05, 3.63) is 34.9 Å². The lowest BCUT2D eigenvalue weighted by Gasteiger charge is -2.40. The summed E-state index contributed by atoms with van der Waals surface area (Å²) in [6.07, 6.45) is 1.28. The third kappa shape index (κ3) is 4.07. The van der Waals surface area contributed by atoms with Gasteiger partial charge < -0.3 is 5.32 Å². The van der Waals surface area contributed by atoms with E-state index < -0.39 is 0 Å². The minimum Gasteiger partial charge on any atom is -0.311 e. The Morgan fingerprint density at radius 2 is 2.00 bits per heavy atom. The highest BCUT2D eigenvalue weighted by atomic mass is 15.2. The van der Waals surface area contributed by atoms with Crippen LogP contribution in [0.5, 0.6) is 0 Å². The van der Waals surface area contributed by atoms with Gasteiger partial charge in [-0.05, 0) is 49.8 Å². The van der Waals surface area contributed by atoms with Gasteiger partial charge in [-0.25, -0.2) is 0 Å². The van der Waals surface area contributed by atoms with Crippen molar-refractivity contribution >= 4 is 0 Å². The van der Waals surface area contributed by atoms with Crippen molar-refractivity contribution in [2.75, 3.05) is 13.1 Å². The van der Waals surface area contributed by atoms with E-state index in [2.05, 4.69) is 63.0 Å². The summed E-state index contributed by atoms with van der Waals surface area (Å²) in [5.41, 5.74) is 4.25. The van der Waals surface area contributed by atoms with Gasteiger partial charge in [0.15, 0.2) is 0 Å². The molecule has 112 valence electrons. The zero-order valence-corrected chi connectivity index (χ0v) is 13.7. The number of piperazine rings is 1. The van der Waals surface area contributed by atoms with Gasteiger partial charge in [0, 0.05) is 31.7 Å². The fraction of sp³-hybridized carbons (Fsp3) is 0.667. The highest BCUT2D eigenvalue weighted by Crippen LogP contribution is 2.19. The van der Waals surface area contributed by atoms with Crippen LogP contribution in [0.1, 0.15) is 43.9 Å². The summed E-state index contributed by atoms with van der Waals surface area (Å²) < 4.78 is 0. The van der Waals surface area contributed by atoms with Gasteiger partial charge in [0.1, 0.15) is 0 Å². The fourth-order valence-electron chi connectivity index (χ4n) is 3.14. The van der Waals surface area contributed by atoms with Gasteiger partial charge in [-0.3, -0.25) is 4.90 Å². The van der Waals surface area contributed by atoms with E-state index in [0.717, 1.165) is 25.6 Å². The predicted octanol–water partition coefficient (Wildman–Crippen LogP) is 3.51. The molecule has 0 saturated carbocycles. The first-order valence-electron chi connectivity index (χ1n) is 7.99. The summed E-state index contributed by atoms with van der Waals surface area (Å²) in [7, 11) is 0. The standard InChI is InChI=1S/C18H30N2/c1-13(2)8-18-10-19-16(5)11-20(18)12-17-7-6-14(3)15(4)9-17/h6-7,9,13,16,18-19H,8,10-12H2,1-5H3. The number of nitrogens with one attached hydrogen (secondary N) is 1. The predicted molar refractivity (Wildman–Crippen MR) is 87.0 cm³/mol. The normalized spacial score (nSPS) is 24.3. The van der Waals surface area contributed by atoms with Crippen LogP contribution in [0.4, 0.5) is 0 Å². The van der Waals surface area contributed by atoms with Crippen molar-refractivity contribution in [1.29, 1.82) is 0 Å². The highest BCUT2D eigenvalue weighted by molar-refractivity contribution is 5.29. The Balaban J connectivity index is 2.08. The molecule has 0 aromatic heterocycles. The average Bonchev–Trinajstić information content (AvgIpc) is 2.37. The maximum absolute atomic E-state index is 3.63. The van der Waals surface area contributed by atoms with E-state index in [9.17, 15) is 0 Å². The molecule has 1 aliphatic rings. The third-order valence-corrected chi connectivity index (χ3v) is 4.43. The number of hydrogen-bond donors (Lipinski definition) is 1. The summed E-state index contributed by atoms with van der Waals surface area (Å²) in [5.74, 6) is 0.762. The maximum Gasteiger partial charge on any atom is 0.0237 e. The second kappa shape index (κ2) is 6.73. The van der Waals surface area contributed by atoms with E-state index in [1.165, 1.54) is 23.1 Å². The maximum atomic E-state index is 3.63. The number of rotatable bonds is 4. The van der Waals surface area contributed by atoms with Crippen molar-refractivity contribution in [2.45, 2.75) is 59.7 Å². The van der Waals surface area contributed by atoms with E-state index in [4.69, 9.17) is 0 Å². The molecule has 0 radical (unpaired) electrons. The Kier molecular flexibility index (Phi) is 5.22. The molecule has 20 heavy (non-hydrogen) atoms. The minimum absolute atomic E-state index is 0.602. The zero-order chi connectivity index (χ0) is 14.7. The fourth-order valence-corrected chi connectivity index (χ4v) is 3.14. The summed E-state index contributed by atoms with van der Waals surface area (Å²) in [5, 5.41) is 3.63. The molecule has 1 aromatic carbocycles. The Hall–Kier alpha value is -0.860. The molecule has 0 bridgehead atoms. The highest BCUT2D eigenvalue weighted by Gasteiger charge is 2.26. The van der Waals surface area contributed by atoms with E-state index in [1.54, 1.807) is 0 Å². The first-order valence-corrected chi connectivity index (χ1v) is 7.99. The van der Waals surface area contributed by atoms with Gasteiger partial charge in [0.25, 0.3) is 0 Å². The van der Waals surface area contributed by atoms with Crippen molar-refractivity contribution in [3.8, 4) is 0 Å². The lowest BCUT2D eigenvalue weighted by Crippen LogP contribution is -2.55. The Morgan fingerprint density at radius 1 is 1.25 bits per heavy atom. The van der Waals surface area contributed by atoms with Crippen LogP contribution in [0.25, 0.3) is 0 Å². The number of benzene rings is 1. The summed E-state index contributed by atoms with van der Waals surface area (Å²) in [6, 6.07) is 8.18. The quantitative estimate of drug-likeness (QED) is 0.904. The number of aryl methyl sites for hydroxylation is 2. The SMILES string of the molecule is Cc1ccc(CN2CC(C)NCC2CC(C)C)cc1C. The molecular weight excluding hydrogens is 244 g/mol. The van der Waals surface area contributed by atoms with Gasteiger partial charge in [0.2, 0.25) is 0 Å². The van der Waals surface area contributed by atoms with Crippen LogP contribution in [-0.4, -0.2) is 30.1 Å². The van der Waals surface area contributed by atoms with E-state index in [-0.39, 0.29) is 0 Å². The average molecular weight is 274 g/mol. The number of hydrogen-bond acceptors (Lipinski definition) is 2. The molecule has 1 N–H and O–H groups in total. The van der Waals surface area contributed by atoms with Gasteiger partial charge in [-0.1, -0.05) is 32.0 Å². The second-order valence-electron chi connectivity index (χ2n) is 6.94. The third-order valence-electron chi connectivity index (χ3n) is 4.43. The Labute approximate surface area is 124 Å². The second-order valence-corrected chi connectivity index (χ2v) is 6.94. The molecule has 1 aromatic rings. The lowest BCUT2D eigenvalue weighted by molar-refractivity contribution is 0.111. The first kappa shape index (κ1) is 15.5. The van der Waals surface area contributed by atoms with Gasteiger partial charge in [-0.15, -0.1) is 0 Å². The molecular formula is C18H30N2. The van der Waals surface area contributed by atoms with E-state index in [1.807, 2.05) is 0 Å². The van der Waals surface area contributed by atoms with Crippen LogP contribution in [0.2, 0.25) is 0 Å². The van der Waals surface area contributed by atoms with Crippen LogP contribution in [0, 0.1) is 19.8 Å². The van der Waals surface area contributed by atoms with Crippen LogP contribution in [-0.2, 0) is 6.54 Å². The molecule has 1 fully saturated rings. The lowest BCUT2D eigenvalue weighted by atomic mass is 9.98. The van der Waals surface area contributed by atoms with Crippen LogP contribution in [0.15, 0.2) is 18.2 Å². The van der Waals surface area contributed by atoms with Crippen molar-refractivity contribution < 1.29 is 0 Å². The molecule has 1 saturated heterocycles. The topological polar surface area (TPSA) is 15.3 Å². The molecule has 1 heterocycles. The van der Waals surface area contributed by atoms with Crippen LogP contribution < -0.4 is 5.32 Å². The molecule has 2 atom stereocenters.